The van der Waals surface area contributed by atoms with Crippen molar-refractivity contribution in [2.75, 3.05) is 19.6 Å². The maximum atomic E-state index is 13.0. The van der Waals surface area contributed by atoms with E-state index in [9.17, 15) is 13.6 Å². The van der Waals surface area contributed by atoms with Crippen LogP contribution in [0.4, 0.5) is 8.78 Å². The molecule has 5 heteroatoms. The highest BCUT2D eigenvalue weighted by Crippen LogP contribution is 2.17. The number of halogens is 2. The summed E-state index contributed by atoms with van der Waals surface area (Å²) in [5.41, 5.74) is 6.09. The number of likely N-dealkylation sites (tertiary alicyclic amines) is 1. The fourth-order valence-electron chi connectivity index (χ4n) is 2.25. The number of hydrogen-bond acceptors (Lipinski definition) is 2. The second kappa shape index (κ2) is 5.44. The monoisotopic (exact) mass is 254 g/mol. The van der Waals surface area contributed by atoms with Gasteiger partial charge in [-0.3, -0.25) is 4.79 Å². The quantitative estimate of drug-likeness (QED) is 0.880. The Bertz CT molecular complexity index is 430. The Labute approximate surface area is 105 Å². The molecule has 1 aromatic rings. The molecule has 1 saturated heterocycles. The summed E-state index contributed by atoms with van der Waals surface area (Å²) in [5.74, 6) is -0.890. The van der Waals surface area contributed by atoms with E-state index in [1.165, 1.54) is 12.1 Å². The van der Waals surface area contributed by atoms with Gasteiger partial charge in [0.15, 0.2) is 0 Å². The molecule has 1 fully saturated rings. The Hall–Kier alpha value is -1.49. The first-order valence-corrected chi connectivity index (χ1v) is 6.01. The third-order valence-corrected chi connectivity index (χ3v) is 3.22. The first kappa shape index (κ1) is 13.0. The van der Waals surface area contributed by atoms with Gasteiger partial charge >= 0.3 is 0 Å². The van der Waals surface area contributed by atoms with Crippen molar-refractivity contribution in [3.8, 4) is 0 Å². The van der Waals surface area contributed by atoms with Gasteiger partial charge in [-0.1, -0.05) is 0 Å². The highest BCUT2D eigenvalue weighted by molar-refractivity contribution is 5.78. The maximum absolute atomic E-state index is 13.0. The summed E-state index contributed by atoms with van der Waals surface area (Å²) < 4.78 is 26.0. The number of carbonyl (C=O) groups excluding carboxylic acids is 1. The van der Waals surface area contributed by atoms with E-state index in [0.717, 1.165) is 6.07 Å². The second-order valence-electron chi connectivity index (χ2n) is 4.67. The van der Waals surface area contributed by atoms with Crippen LogP contribution in [0.2, 0.25) is 0 Å². The summed E-state index contributed by atoms with van der Waals surface area (Å²) in [6.07, 6.45) is 0.936. The summed E-state index contributed by atoms with van der Waals surface area (Å²) in [6, 6.07) is 3.43. The number of nitrogens with zero attached hydrogens (tertiary/aromatic N) is 1. The number of carbonyl (C=O) groups is 1. The zero-order valence-electron chi connectivity index (χ0n) is 10.0. The third-order valence-electron chi connectivity index (χ3n) is 3.22. The molecule has 3 nitrogen and oxygen atoms in total. The van der Waals surface area contributed by atoms with Crippen molar-refractivity contribution >= 4 is 5.91 Å². The van der Waals surface area contributed by atoms with Crippen molar-refractivity contribution < 1.29 is 13.6 Å². The van der Waals surface area contributed by atoms with Crippen molar-refractivity contribution in [1.82, 2.24) is 4.90 Å². The van der Waals surface area contributed by atoms with E-state index in [-0.39, 0.29) is 11.8 Å². The molecular weight excluding hydrogens is 238 g/mol. The molecule has 18 heavy (non-hydrogen) atoms. The molecule has 0 bridgehead atoms. The molecule has 1 atom stereocenters. The van der Waals surface area contributed by atoms with Crippen LogP contribution in [-0.4, -0.2) is 30.4 Å². The van der Waals surface area contributed by atoms with E-state index >= 15 is 0 Å². The average molecular weight is 254 g/mol. The summed E-state index contributed by atoms with van der Waals surface area (Å²) >= 11 is 0. The zero-order chi connectivity index (χ0) is 13.1. The molecule has 2 N–H and O–H groups in total. The topological polar surface area (TPSA) is 46.3 Å². The zero-order valence-corrected chi connectivity index (χ0v) is 10.0. The van der Waals surface area contributed by atoms with Crippen LogP contribution >= 0.6 is 0 Å². The minimum Gasteiger partial charge on any atom is -0.342 e. The molecule has 0 saturated carbocycles. The number of rotatable bonds is 4. The first-order chi connectivity index (χ1) is 8.58. The van der Waals surface area contributed by atoms with Crippen LogP contribution in [0.1, 0.15) is 12.0 Å². The Morgan fingerprint density at radius 2 is 1.94 bits per heavy atom. The van der Waals surface area contributed by atoms with Gasteiger partial charge in [-0.2, -0.15) is 0 Å². The van der Waals surface area contributed by atoms with Crippen LogP contribution in [0.25, 0.3) is 0 Å². The predicted octanol–water partition coefficient (Wildman–Crippen LogP) is 1.31. The lowest BCUT2D eigenvalue weighted by Gasteiger charge is -2.16. The average Bonchev–Trinajstić information content (AvgIpc) is 2.66. The molecule has 2 rings (SSSR count). The van der Waals surface area contributed by atoms with Crippen molar-refractivity contribution in [2.24, 2.45) is 11.7 Å². The Balaban J connectivity index is 1.93. The Morgan fingerprint density at radius 3 is 2.50 bits per heavy atom. The molecule has 1 aliphatic rings. The van der Waals surface area contributed by atoms with Gasteiger partial charge in [-0.15, -0.1) is 0 Å². The van der Waals surface area contributed by atoms with Crippen LogP contribution in [0.15, 0.2) is 18.2 Å². The highest BCUT2D eigenvalue weighted by Gasteiger charge is 2.27. The van der Waals surface area contributed by atoms with Crippen LogP contribution in [0.3, 0.4) is 0 Å². The van der Waals surface area contributed by atoms with Gasteiger partial charge in [0.1, 0.15) is 11.6 Å². The number of amides is 1. The summed E-state index contributed by atoms with van der Waals surface area (Å²) in [6.45, 7) is 1.63. The Kier molecular flexibility index (Phi) is 3.91. The second-order valence-corrected chi connectivity index (χ2v) is 4.67. The standard InChI is InChI=1S/C13H16F2N2O/c14-11-3-9(4-12(15)6-11)1-2-17-8-10(7-16)5-13(17)18/h3-4,6,10H,1-2,5,7-8,16H2. The molecule has 1 aliphatic heterocycles. The summed E-state index contributed by atoms with van der Waals surface area (Å²) in [4.78, 5) is 13.3. The van der Waals surface area contributed by atoms with Crippen LogP contribution in [0, 0.1) is 17.6 Å². The minimum atomic E-state index is -0.586. The van der Waals surface area contributed by atoms with E-state index in [0.29, 0.717) is 38.0 Å². The highest BCUT2D eigenvalue weighted by atomic mass is 19.1. The van der Waals surface area contributed by atoms with Crippen LogP contribution in [0.5, 0.6) is 0 Å². The van der Waals surface area contributed by atoms with Gasteiger partial charge in [0.05, 0.1) is 0 Å². The predicted molar refractivity (Wildman–Crippen MR) is 63.8 cm³/mol. The molecule has 98 valence electrons. The molecule has 1 heterocycles. The van der Waals surface area contributed by atoms with Crippen LogP contribution in [-0.2, 0) is 11.2 Å². The van der Waals surface area contributed by atoms with Gasteiger partial charge in [-0.25, -0.2) is 8.78 Å². The van der Waals surface area contributed by atoms with E-state index in [1.54, 1.807) is 4.90 Å². The SMILES string of the molecule is NCC1CC(=O)N(CCc2cc(F)cc(F)c2)C1. The van der Waals surface area contributed by atoms with Crippen molar-refractivity contribution in [2.45, 2.75) is 12.8 Å². The minimum absolute atomic E-state index is 0.0716. The van der Waals surface area contributed by atoms with Gasteiger partial charge in [0, 0.05) is 25.6 Å². The van der Waals surface area contributed by atoms with Crippen molar-refractivity contribution in [3.63, 3.8) is 0 Å². The summed E-state index contributed by atoms with van der Waals surface area (Å²) in [5, 5.41) is 0. The van der Waals surface area contributed by atoms with Gasteiger partial charge in [0.25, 0.3) is 0 Å². The molecule has 0 aromatic heterocycles. The number of hydrogen-bond donors (Lipinski definition) is 1. The van der Waals surface area contributed by atoms with E-state index in [2.05, 4.69) is 0 Å². The maximum Gasteiger partial charge on any atom is 0.222 e. The lowest BCUT2D eigenvalue weighted by atomic mass is 10.1. The van der Waals surface area contributed by atoms with Gasteiger partial charge < -0.3 is 10.6 Å². The van der Waals surface area contributed by atoms with Gasteiger partial charge in [-0.05, 0) is 36.6 Å². The van der Waals surface area contributed by atoms with Crippen molar-refractivity contribution in [1.29, 1.82) is 0 Å². The Morgan fingerprint density at radius 1 is 1.28 bits per heavy atom. The van der Waals surface area contributed by atoms with Crippen molar-refractivity contribution in [3.05, 3.63) is 35.4 Å². The largest absolute Gasteiger partial charge is 0.342 e. The van der Waals surface area contributed by atoms with Crippen LogP contribution < -0.4 is 5.73 Å². The molecular formula is C13H16F2N2O. The summed E-state index contributed by atoms with van der Waals surface area (Å²) in [7, 11) is 0. The first-order valence-electron chi connectivity index (χ1n) is 6.01. The molecule has 1 aromatic carbocycles. The van der Waals surface area contributed by atoms with E-state index < -0.39 is 11.6 Å². The third kappa shape index (κ3) is 3.04. The lowest BCUT2D eigenvalue weighted by molar-refractivity contribution is -0.127. The number of benzene rings is 1. The van der Waals surface area contributed by atoms with E-state index in [1.807, 2.05) is 0 Å². The normalized spacial score (nSPS) is 19.6. The number of nitrogens with two attached hydrogens (primary N) is 1. The molecule has 0 radical (unpaired) electrons. The fraction of sp³-hybridized carbons (Fsp3) is 0.462. The van der Waals surface area contributed by atoms with E-state index in [4.69, 9.17) is 5.73 Å². The molecule has 1 unspecified atom stereocenters. The fourth-order valence-corrected chi connectivity index (χ4v) is 2.25. The molecule has 0 spiro atoms. The lowest BCUT2D eigenvalue weighted by Crippen LogP contribution is -2.28. The molecule has 1 amide bonds. The molecule has 0 aliphatic carbocycles. The van der Waals surface area contributed by atoms with Gasteiger partial charge in [0.2, 0.25) is 5.91 Å². The smallest absolute Gasteiger partial charge is 0.222 e.